The van der Waals surface area contributed by atoms with Crippen molar-refractivity contribution in [2.24, 2.45) is 0 Å². The van der Waals surface area contributed by atoms with Gasteiger partial charge in [0.05, 0.1) is 13.0 Å². The molecule has 5 heteroatoms. The Kier molecular flexibility index (Phi) is 6.32. The number of fused-ring (bicyclic) bond motifs is 1. The van der Waals surface area contributed by atoms with Crippen LogP contribution >= 0.6 is 0 Å². The second-order valence-corrected chi connectivity index (χ2v) is 7.57. The van der Waals surface area contributed by atoms with Gasteiger partial charge in [-0.3, -0.25) is 9.59 Å². The number of carbonyl (C=O) groups is 2. The number of hydrogen-bond donors (Lipinski definition) is 1. The minimum Gasteiger partial charge on any atom is -0.494 e. The lowest BCUT2D eigenvalue weighted by atomic mass is 10.00. The van der Waals surface area contributed by atoms with Crippen LogP contribution < -0.4 is 15.0 Å². The zero-order valence-electron chi connectivity index (χ0n) is 17.6. The summed E-state index contributed by atoms with van der Waals surface area (Å²) < 4.78 is 5.44. The summed E-state index contributed by atoms with van der Waals surface area (Å²) in [6, 6.07) is 22.7. The van der Waals surface area contributed by atoms with E-state index in [-0.39, 0.29) is 11.8 Å². The number of rotatable bonds is 6. The molecule has 4 rings (SSSR count). The number of benzene rings is 3. The Bertz CT molecular complexity index is 1060. The van der Waals surface area contributed by atoms with Gasteiger partial charge in [-0.1, -0.05) is 30.3 Å². The fraction of sp³-hybridized carbons (Fsp3) is 0.231. The maximum absolute atomic E-state index is 12.9. The Morgan fingerprint density at radius 3 is 2.52 bits per heavy atom. The summed E-state index contributed by atoms with van der Waals surface area (Å²) in [6.07, 6.45) is 2.08. The van der Waals surface area contributed by atoms with E-state index in [1.54, 1.807) is 0 Å². The second kappa shape index (κ2) is 9.47. The van der Waals surface area contributed by atoms with Crippen molar-refractivity contribution in [2.75, 3.05) is 23.4 Å². The van der Waals surface area contributed by atoms with E-state index in [1.165, 1.54) is 0 Å². The van der Waals surface area contributed by atoms with Gasteiger partial charge < -0.3 is 15.0 Å². The van der Waals surface area contributed by atoms with Crippen LogP contribution in [0, 0.1) is 0 Å². The number of aryl methyl sites for hydroxylation is 1. The molecule has 5 nitrogen and oxygen atoms in total. The highest BCUT2D eigenvalue weighted by Crippen LogP contribution is 2.31. The minimum absolute atomic E-state index is 0.00818. The number of anilines is 2. The van der Waals surface area contributed by atoms with E-state index < -0.39 is 0 Å². The van der Waals surface area contributed by atoms with Crippen LogP contribution in [-0.2, 0) is 17.6 Å². The zero-order valence-corrected chi connectivity index (χ0v) is 17.6. The van der Waals surface area contributed by atoms with Gasteiger partial charge in [-0.05, 0) is 73.4 Å². The van der Waals surface area contributed by atoms with E-state index in [4.69, 9.17) is 4.74 Å². The van der Waals surface area contributed by atoms with Crippen molar-refractivity contribution in [3.63, 3.8) is 0 Å². The zero-order chi connectivity index (χ0) is 21.6. The molecule has 0 bridgehead atoms. The molecule has 1 aliphatic heterocycles. The van der Waals surface area contributed by atoms with Crippen LogP contribution in [0.4, 0.5) is 11.4 Å². The lowest BCUT2D eigenvalue weighted by Crippen LogP contribution is -2.35. The summed E-state index contributed by atoms with van der Waals surface area (Å²) in [7, 11) is 0. The third-order valence-corrected chi connectivity index (χ3v) is 5.35. The number of ether oxygens (including phenoxy) is 1. The van der Waals surface area contributed by atoms with Gasteiger partial charge in [-0.25, -0.2) is 0 Å². The summed E-state index contributed by atoms with van der Waals surface area (Å²) in [5.41, 5.74) is 4.37. The van der Waals surface area contributed by atoms with Crippen molar-refractivity contribution in [3.05, 3.63) is 89.5 Å². The molecule has 0 atom stereocenters. The highest BCUT2D eigenvalue weighted by molar-refractivity contribution is 6.07. The summed E-state index contributed by atoms with van der Waals surface area (Å²) in [6.45, 7) is 3.26. The van der Waals surface area contributed by atoms with Crippen molar-refractivity contribution in [1.29, 1.82) is 0 Å². The van der Waals surface area contributed by atoms with Gasteiger partial charge in [0.2, 0.25) is 5.91 Å². The molecule has 3 aromatic rings. The molecule has 2 amide bonds. The molecule has 0 aliphatic carbocycles. The average Bonchev–Trinajstić information content (AvgIpc) is 2.80. The Morgan fingerprint density at radius 1 is 1.00 bits per heavy atom. The lowest BCUT2D eigenvalue weighted by molar-refractivity contribution is -0.115. The van der Waals surface area contributed by atoms with Crippen LogP contribution in [0.2, 0.25) is 0 Å². The van der Waals surface area contributed by atoms with Crippen LogP contribution in [0.1, 0.15) is 34.8 Å². The maximum Gasteiger partial charge on any atom is 0.258 e. The molecule has 0 saturated heterocycles. The first-order chi connectivity index (χ1) is 15.1. The van der Waals surface area contributed by atoms with Crippen LogP contribution in [0.15, 0.2) is 72.8 Å². The van der Waals surface area contributed by atoms with Gasteiger partial charge in [0.1, 0.15) is 5.75 Å². The highest BCUT2D eigenvalue weighted by Gasteiger charge is 2.23. The summed E-state index contributed by atoms with van der Waals surface area (Å²) in [4.78, 5) is 27.3. The van der Waals surface area contributed by atoms with E-state index >= 15 is 0 Å². The van der Waals surface area contributed by atoms with E-state index in [2.05, 4.69) is 5.32 Å². The van der Waals surface area contributed by atoms with Crippen molar-refractivity contribution < 1.29 is 14.3 Å². The maximum atomic E-state index is 12.9. The molecule has 1 N–H and O–H groups in total. The van der Waals surface area contributed by atoms with Crippen LogP contribution in [0.25, 0.3) is 0 Å². The lowest BCUT2D eigenvalue weighted by Gasteiger charge is -2.30. The third-order valence-electron chi connectivity index (χ3n) is 5.35. The molecule has 0 aromatic heterocycles. The predicted octanol–water partition coefficient (Wildman–Crippen LogP) is 4.86. The van der Waals surface area contributed by atoms with Gasteiger partial charge >= 0.3 is 0 Å². The van der Waals surface area contributed by atoms with Crippen LogP contribution in [0.3, 0.4) is 0 Å². The van der Waals surface area contributed by atoms with E-state index in [0.717, 1.165) is 41.1 Å². The molecule has 0 radical (unpaired) electrons. The van der Waals surface area contributed by atoms with Crippen molar-refractivity contribution in [1.82, 2.24) is 0 Å². The molecular formula is C26H26N2O3. The molecule has 3 aromatic carbocycles. The van der Waals surface area contributed by atoms with E-state index in [9.17, 15) is 9.59 Å². The smallest absolute Gasteiger partial charge is 0.258 e. The quantitative estimate of drug-likeness (QED) is 0.627. The molecule has 1 heterocycles. The number of carbonyl (C=O) groups excluding carboxylic acids is 2. The third kappa shape index (κ3) is 4.94. The largest absolute Gasteiger partial charge is 0.494 e. The molecule has 158 valence electrons. The second-order valence-electron chi connectivity index (χ2n) is 7.57. The number of amides is 2. The molecule has 0 fully saturated rings. The summed E-state index contributed by atoms with van der Waals surface area (Å²) in [5.74, 6) is 0.738. The van der Waals surface area contributed by atoms with E-state index in [0.29, 0.717) is 25.1 Å². The highest BCUT2D eigenvalue weighted by atomic mass is 16.5. The molecular weight excluding hydrogens is 388 g/mol. The molecule has 0 spiro atoms. The topological polar surface area (TPSA) is 58.6 Å². The number of nitrogens with zero attached hydrogens (tertiary/aromatic N) is 1. The van der Waals surface area contributed by atoms with Crippen molar-refractivity contribution in [3.8, 4) is 5.75 Å². The molecule has 31 heavy (non-hydrogen) atoms. The predicted molar refractivity (Wildman–Crippen MR) is 123 cm³/mol. The van der Waals surface area contributed by atoms with Gasteiger partial charge in [0, 0.05) is 23.5 Å². The SMILES string of the molecule is CCOc1ccc(CC(=O)Nc2ccc3c(c2)CCCN3C(=O)c2ccccc2)cc1. The standard InChI is InChI=1S/C26H26N2O3/c1-2-31-23-13-10-19(11-14-23)17-25(29)27-22-12-15-24-21(18-22)9-6-16-28(24)26(30)20-7-4-3-5-8-20/h3-5,7-8,10-15,18H,2,6,9,16-17H2,1H3,(H,27,29). The number of nitrogens with one attached hydrogen (secondary N) is 1. The van der Waals surface area contributed by atoms with Crippen molar-refractivity contribution in [2.45, 2.75) is 26.2 Å². The Balaban J connectivity index is 1.44. The normalized spacial score (nSPS) is 12.7. The molecule has 0 saturated carbocycles. The Hall–Kier alpha value is -3.60. The first-order valence-electron chi connectivity index (χ1n) is 10.7. The monoisotopic (exact) mass is 414 g/mol. The van der Waals surface area contributed by atoms with Gasteiger partial charge in [-0.15, -0.1) is 0 Å². The molecule has 1 aliphatic rings. The fourth-order valence-corrected chi connectivity index (χ4v) is 3.88. The summed E-state index contributed by atoms with van der Waals surface area (Å²) >= 11 is 0. The van der Waals surface area contributed by atoms with Gasteiger partial charge in [0.15, 0.2) is 0 Å². The Labute approximate surface area is 182 Å². The van der Waals surface area contributed by atoms with Crippen LogP contribution in [-0.4, -0.2) is 25.0 Å². The first kappa shape index (κ1) is 20.7. The Morgan fingerprint density at radius 2 is 1.77 bits per heavy atom. The van der Waals surface area contributed by atoms with Gasteiger partial charge in [0.25, 0.3) is 5.91 Å². The minimum atomic E-state index is -0.0721. The summed E-state index contributed by atoms with van der Waals surface area (Å²) in [5, 5.41) is 2.98. The van der Waals surface area contributed by atoms with Crippen molar-refractivity contribution >= 4 is 23.2 Å². The first-order valence-corrected chi connectivity index (χ1v) is 10.7. The fourth-order valence-electron chi connectivity index (χ4n) is 3.88. The average molecular weight is 415 g/mol. The van der Waals surface area contributed by atoms with E-state index in [1.807, 2.05) is 84.6 Å². The van der Waals surface area contributed by atoms with Crippen LogP contribution in [0.5, 0.6) is 5.75 Å². The number of hydrogen-bond acceptors (Lipinski definition) is 3. The van der Waals surface area contributed by atoms with Gasteiger partial charge in [-0.2, -0.15) is 0 Å². The molecule has 0 unspecified atom stereocenters.